The summed E-state index contributed by atoms with van der Waals surface area (Å²) >= 11 is 1.53. The maximum atomic E-state index is 15.4. The highest BCUT2D eigenvalue weighted by Gasteiger charge is 2.49. The molecule has 1 amide bonds. The highest BCUT2D eigenvalue weighted by atomic mass is 32.2. The third-order valence-electron chi connectivity index (χ3n) is 7.52. The zero-order valence-electron chi connectivity index (χ0n) is 22.9. The van der Waals surface area contributed by atoms with Gasteiger partial charge in [-0.05, 0) is 23.3 Å². The van der Waals surface area contributed by atoms with Crippen molar-refractivity contribution in [2.45, 2.75) is 28.9 Å². The first-order chi connectivity index (χ1) is 20.4. The molecule has 2 aromatic carbocycles. The minimum absolute atomic E-state index is 0.0671. The number of methoxy groups -OCH3 is 2. The fourth-order valence-electron chi connectivity index (χ4n) is 5.76. The van der Waals surface area contributed by atoms with Crippen LogP contribution in [0, 0.1) is 5.82 Å². The van der Waals surface area contributed by atoms with Crippen molar-refractivity contribution in [1.29, 1.82) is 0 Å². The van der Waals surface area contributed by atoms with Crippen LogP contribution in [0.5, 0.6) is 5.75 Å². The molecule has 3 aliphatic heterocycles. The predicted molar refractivity (Wildman–Crippen MR) is 149 cm³/mol. The summed E-state index contributed by atoms with van der Waals surface area (Å²) in [7, 11) is 2.67. The summed E-state index contributed by atoms with van der Waals surface area (Å²) in [6.07, 6.45) is -0.161. The summed E-state index contributed by atoms with van der Waals surface area (Å²) in [6.45, 7) is -0.116. The van der Waals surface area contributed by atoms with Crippen molar-refractivity contribution >= 4 is 23.8 Å². The fraction of sp³-hybridized carbons (Fsp3) is 0.345. The minimum atomic E-state index is -1.01. The summed E-state index contributed by atoms with van der Waals surface area (Å²) in [5, 5.41) is 1.93. The molecule has 0 saturated carbocycles. The lowest BCUT2D eigenvalue weighted by molar-refractivity contribution is -0.0696. The highest BCUT2D eigenvalue weighted by Crippen LogP contribution is 2.45. The molecule has 6 rings (SSSR count). The van der Waals surface area contributed by atoms with Gasteiger partial charge >= 0.3 is 6.16 Å². The van der Waals surface area contributed by atoms with Gasteiger partial charge in [0.1, 0.15) is 12.0 Å². The molecule has 0 N–H and O–H groups in total. The van der Waals surface area contributed by atoms with Crippen LogP contribution in [0.2, 0.25) is 0 Å². The fourth-order valence-corrected chi connectivity index (χ4v) is 6.88. The van der Waals surface area contributed by atoms with Crippen LogP contribution < -0.4 is 15.2 Å². The van der Waals surface area contributed by atoms with Crippen molar-refractivity contribution in [3.8, 4) is 5.75 Å². The SMILES string of the molecule is COCC1COC[C@@H]2N1C(=O)c1c(OCOC(=O)OC)c(=O)ccn1N2[C@@H]1c2ccccc2SCc2c(F)cccc21. The van der Waals surface area contributed by atoms with Crippen LogP contribution in [0.1, 0.15) is 33.2 Å². The number of rotatable bonds is 6. The van der Waals surface area contributed by atoms with Crippen molar-refractivity contribution in [3.63, 3.8) is 0 Å². The van der Waals surface area contributed by atoms with Crippen LogP contribution in [0.3, 0.4) is 0 Å². The number of thioether (sulfide) groups is 1. The smallest absolute Gasteiger partial charge is 0.451 e. The summed E-state index contributed by atoms with van der Waals surface area (Å²) in [6, 6.07) is 13.0. The van der Waals surface area contributed by atoms with Gasteiger partial charge in [0.2, 0.25) is 18.0 Å². The van der Waals surface area contributed by atoms with E-state index < -0.39 is 42.5 Å². The number of hydrogen-bond acceptors (Lipinski definition) is 10. The molecule has 3 atom stereocenters. The summed E-state index contributed by atoms with van der Waals surface area (Å²) in [5.41, 5.74) is 1.51. The van der Waals surface area contributed by atoms with Crippen LogP contribution >= 0.6 is 11.8 Å². The lowest BCUT2D eigenvalue weighted by atomic mass is 9.93. The molecule has 0 radical (unpaired) electrons. The molecule has 11 nitrogen and oxygen atoms in total. The van der Waals surface area contributed by atoms with Crippen LogP contribution in [-0.2, 0) is 24.7 Å². The monoisotopic (exact) mass is 597 g/mol. The van der Waals surface area contributed by atoms with Gasteiger partial charge in [-0.2, -0.15) is 0 Å². The number of pyridine rings is 1. The van der Waals surface area contributed by atoms with E-state index in [0.717, 1.165) is 23.1 Å². The third kappa shape index (κ3) is 4.76. The zero-order valence-corrected chi connectivity index (χ0v) is 23.7. The van der Waals surface area contributed by atoms with Crippen LogP contribution in [0.25, 0.3) is 0 Å². The standard InChI is InChI=1S/C29H28FN3O8S/c1-37-12-17-13-39-14-24-32(17)28(35)26-27(40-16-41-29(36)38-2)22(34)10-11-31(26)33(24)25-18-7-5-8-21(30)20(18)15-42-23-9-4-3-6-19(23)25/h3-11,17,24-25H,12-16H2,1-2H3/t17?,24-,25+/m1/s1. The Labute approximate surface area is 244 Å². The number of benzene rings is 2. The maximum absolute atomic E-state index is 15.4. The topological polar surface area (TPSA) is 109 Å². The quantitative estimate of drug-likeness (QED) is 0.310. The average Bonchev–Trinajstić information content (AvgIpc) is 3.16. The first-order valence-electron chi connectivity index (χ1n) is 13.2. The van der Waals surface area contributed by atoms with Crippen molar-refractivity contribution in [1.82, 2.24) is 9.58 Å². The number of carbonyl (C=O) groups excluding carboxylic acids is 2. The molecule has 3 aliphatic rings. The number of aromatic nitrogens is 1. The van der Waals surface area contributed by atoms with E-state index >= 15 is 4.39 Å². The van der Waals surface area contributed by atoms with E-state index in [1.54, 1.807) is 15.6 Å². The van der Waals surface area contributed by atoms with Gasteiger partial charge < -0.3 is 28.6 Å². The molecule has 1 unspecified atom stereocenters. The van der Waals surface area contributed by atoms with E-state index in [-0.39, 0.29) is 37.1 Å². The molecule has 42 heavy (non-hydrogen) atoms. The van der Waals surface area contributed by atoms with Gasteiger partial charge in [0.25, 0.3) is 5.91 Å². The number of hydrogen-bond donors (Lipinski definition) is 0. The Hall–Kier alpha value is -4.07. The molecule has 0 bridgehead atoms. The summed E-state index contributed by atoms with van der Waals surface area (Å²) < 4.78 is 43.3. The Morgan fingerprint density at radius 3 is 2.69 bits per heavy atom. The molecule has 0 aliphatic carbocycles. The van der Waals surface area contributed by atoms with Crippen LogP contribution in [-0.4, -0.2) is 74.7 Å². The molecule has 1 fully saturated rings. The van der Waals surface area contributed by atoms with Crippen molar-refractivity contribution < 1.29 is 37.7 Å². The zero-order chi connectivity index (χ0) is 29.4. The van der Waals surface area contributed by atoms with Gasteiger partial charge in [0, 0.05) is 35.6 Å². The number of halogens is 1. The molecule has 1 aromatic heterocycles. The number of amides is 1. The Morgan fingerprint density at radius 2 is 1.88 bits per heavy atom. The van der Waals surface area contributed by atoms with E-state index in [1.807, 2.05) is 35.3 Å². The van der Waals surface area contributed by atoms with Crippen LogP contribution in [0.4, 0.5) is 9.18 Å². The van der Waals surface area contributed by atoms with Gasteiger partial charge in [-0.25, -0.2) is 9.18 Å². The van der Waals surface area contributed by atoms with E-state index in [2.05, 4.69) is 4.74 Å². The van der Waals surface area contributed by atoms with Gasteiger partial charge in [-0.15, -0.1) is 11.8 Å². The number of ether oxygens (including phenoxy) is 5. The average molecular weight is 598 g/mol. The second-order valence-corrected chi connectivity index (χ2v) is 10.8. The highest BCUT2D eigenvalue weighted by molar-refractivity contribution is 7.98. The Balaban J connectivity index is 1.59. The van der Waals surface area contributed by atoms with Gasteiger partial charge in [-0.1, -0.05) is 30.3 Å². The second kappa shape index (κ2) is 11.7. The van der Waals surface area contributed by atoms with E-state index in [1.165, 1.54) is 37.2 Å². The minimum Gasteiger partial charge on any atom is -0.451 e. The largest absolute Gasteiger partial charge is 0.510 e. The van der Waals surface area contributed by atoms with Crippen molar-refractivity contribution in [2.24, 2.45) is 0 Å². The molecular weight excluding hydrogens is 569 g/mol. The van der Waals surface area contributed by atoms with E-state index in [0.29, 0.717) is 11.3 Å². The molecule has 13 heteroatoms. The Bertz CT molecular complexity index is 1580. The lowest BCUT2D eigenvalue weighted by Crippen LogP contribution is -2.69. The maximum Gasteiger partial charge on any atom is 0.510 e. The predicted octanol–water partition coefficient (Wildman–Crippen LogP) is 3.27. The number of fused-ring (bicyclic) bond motifs is 4. The number of morpholine rings is 1. The molecular formula is C29H28FN3O8S. The number of carbonyl (C=O) groups is 2. The first kappa shape index (κ1) is 28.1. The summed E-state index contributed by atoms with van der Waals surface area (Å²) in [5.74, 6) is -0.698. The lowest BCUT2D eigenvalue weighted by Gasteiger charge is -2.53. The first-order valence-corrected chi connectivity index (χ1v) is 14.2. The third-order valence-corrected chi connectivity index (χ3v) is 8.64. The molecule has 1 saturated heterocycles. The van der Waals surface area contributed by atoms with Crippen LogP contribution in [0.15, 0.2) is 64.4 Å². The van der Waals surface area contributed by atoms with Crippen molar-refractivity contribution in [2.75, 3.05) is 45.8 Å². The molecule has 220 valence electrons. The second-order valence-electron chi connectivity index (χ2n) is 9.82. The van der Waals surface area contributed by atoms with Gasteiger partial charge in [-0.3, -0.25) is 19.3 Å². The van der Waals surface area contributed by atoms with Gasteiger partial charge in [0.05, 0.1) is 39.0 Å². The van der Waals surface area contributed by atoms with Gasteiger partial charge in [0.15, 0.2) is 5.69 Å². The molecule has 4 heterocycles. The molecule has 0 spiro atoms. The van der Waals surface area contributed by atoms with E-state index in [9.17, 15) is 14.4 Å². The summed E-state index contributed by atoms with van der Waals surface area (Å²) in [4.78, 5) is 41.5. The van der Waals surface area contributed by atoms with E-state index in [4.69, 9.17) is 18.9 Å². The van der Waals surface area contributed by atoms with Crippen molar-refractivity contribution in [3.05, 3.63) is 93.2 Å². The normalized spacial score (nSPS) is 20.9. The Kier molecular flexibility index (Phi) is 7.80. The molecule has 3 aromatic rings. The number of nitrogens with zero attached hydrogens (tertiary/aromatic N) is 3. The Morgan fingerprint density at radius 1 is 1.07 bits per heavy atom.